The summed E-state index contributed by atoms with van der Waals surface area (Å²) >= 11 is 11.2. The number of nitrogens with one attached hydrogen (secondary N) is 1. The molecular weight excluding hydrogens is 288 g/mol. The van der Waals surface area contributed by atoms with Crippen molar-refractivity contribution in [1.29, 1.82) is 0 Å². The summed E-state index contributed by atoms with van der Waals surface area (Å²) in [6, 6.07) is 3.53. The molecule has 8 heteroatoms. The topological polar surface area (TPSA) is 64.4 Å². The summed E-state index contributed by atoms with van der Waals surface area (Å²) in [6.07, 6.45) is 3.03. The summed E-state index contributed by atoms with van der Waals surface area (Å²) in [5, 5.41) is 10.9. The van der Waals surface area contributed by atoms with Crippen LogP contribution in [0.4, 0.5) is 0 Å². The van der Waals surface area contributed by atoms with Crippen molar-refractivity contribution in [1.82, 2.24) is 14.9 Å². The molecule has 0 aliphatic rings. The predicted molar refractivity (Wildman–Crippen MR) is 75.0 cm³/mol. The zero-order valence-corrected chi connectivity index (χ0v) is 11.8. The highest BCUT2D eigenvalue weighted by molar-refractivity contribution is 7.71. The zero-order chi connectivity index (χ0) is 13.8. The molecule has 0 radical (unpaired) electrons. The fourth-order valence-electron chi connectivity index (χ4n) is 1.45. The van der Waals surface area contributed by atoms with E-state index < -0.39 is 0 Å². The van der Waals surface area contributed by atoms with Gasteiger partial charge in [0.05, 0.1) is 25.5 Å². The minimum absolute atomic E-state index is 0.396. The molecular formula is C11H11ClN4O2S. The quantitative estimate of drug-likeness (QED) is 0.696. The van der Waals surface area contributed by atoms with E-state index in [9.17, 15) is 0 Å². The van der Waals surface area contributed by atoms with Crippen molar-refractivity contribution >= 4 is 30.0 Å². The largest absolute Gasteiger partial charge is 0.493 e. The first-order valence-corrected chi connectivity index (χ1v) is 6.03. The molecule has 0 saturated carbocycles. The van der Waals surface area contributed by atoms with Crippen LogP contribution in [-0.4, -0.2) is 35.3 Å². The molecule has 100 valence electrons. The number of halogens is 1. The van der Waals surface area contributed by atoms with Crippen molar-refractivity contribution in [3.63, 3.8) is 0 Å². The summed E-state index contributed by atoms with van der Waals surface area (Å²) in [4.78, 5) is 0. The number of aromatic nitrogens is 3. The Kier molecular flexibility index (Phi) is 4.18. The number of ether oxygens (including phenoxy) is 2. The zero-order valence-electron chi connectivity index (χ0n) is 10.3. The molecule has 0 fully saturated rings. The van der Waals surface area contributed by atoms with Crippen molar-refractivity contribution < 1.29 is 9.47 Å². The van der Waals surface area contributed by atoms with Crippen LogP contribution in [0, 0.1) is 4.77 Å². The third-order valence-corrected chi connectivity index (χ3v) is 3.04. The summed E-state index contributed by atoms with van der Waals surface area (Å²) in [7, 11) is 3.07. The van der Waals surface area contributed by atoms with E-state index in [0.29, 0.717) is 26.9 Å². The van der Waals surface area contributed by atoms with Gasteiger partial charge in [-0.3, -0.25) is 5.10 Å². The third kappa shape index (κ3) is 2.77. The normalized spacial score (nSPS) is 10.9. The van der Waals surface area contributed by atoms with Gasteiger partial charge in [-0.2, -0.15) is 14.9 Å². The molecule has 1 heterocycles. The number of methoxy groups -OCH3 is 2. The van der Waals surface area contributed by atoms with Gasteiger partial charge < -0.3 is 9.47 Å². The molecule has 1 aromatic carbocycles. The number of H-pyrrole nitrogens is 1. The van der Waals surface area contributed by atoms with Gasteiger partial charge in [-0.1, -0.05) is 11.6 Å². The summed E-state index contributed by atoms with van der Waals surface area (Å²) in [6.45, 7) is 0. The Hall–Kier alpha value is -1.86. The van der Waals surface area contributed by atoms with Gasteiger partial charge in [0, 0.05) is 5.56 Å². The maximum Gasteiger partial charge on any atom is 0.216 e. The smallest absolute Gasteiger partial charge is 0.216 e. The molecule has 0 atom stereocenters. The number of benzene rings is 1. The first kappa shape index (κ1) is 13.6. The Morgan fingerprint density at radius 2 is 2.21 bits per heavy atom. The van der Waals surface area contributed by atoms with Crippen LogP contribution in [0.25, 0.3) is 0 Å². The van der Waals surface area contributed by atoms with Crippen molar-refractivity contribution in [2.24, 2.45) is 5.10 Å². The molecule has 0 aliphatic heterocycles. The predicted octanol–water partition coefficient (Wildman–Crippen LogP) is 2.49. The Morgan fingerprint density at radius 1 is 1.42 bits per heavy atom. The van der Waals surface area contributed by atoms with E-state index in [0.717, 1.165) is 0 Å². The van der Waals surface area contributed by atoms with Gasteiger partial charge in [-0.25, -0.2) is 0 Å². The number of aromatic amines is 1. The lowest BCUT2D eigenvalue weighted by Gasteiger charge is -2.10. The van der Waals surface area contributed by atoms with E-state index in [-0.39, 0.29) is 0 Å². The monoisotopic (exact) mass is 298 g/mol. The maximum atomic E-state index is 6.22. The van der Waals surface area contributed by atoms with Crippen LogP contribution in [0.5, 0.6) is 11.5 Å². The Balaban J connectivity index is 2.39. The summed E-state index contributed by atoms with van der Waals surface area (Å²) < 4.78 is 12.2. The fourth-order valence-corrected chi connectivity index (χ4v) is 1.88. The molecule has 1 aromatic heterocycles. The van der Waals surface area contributed by atoms with Crippen LogP contribution in [0.2, 0.25) is 5.02 Å². The second-order valence-electron chi connectivity index (χ2n) is 3.45. The van der Waals surface area contributed by atoms with Gasteiger partial charge in [-0.05, 0) is 24.4 Å². The van der Waals surface area contributed by atoms with E-state index in [2.05, 4.69) is 15.3 Å². The van der Waals surface area contributed by atoms with Crippen molar-refractivity contribution in [3.05, 3.63) is 33.8 Å². The molecule has 0 unspecified atom stereocenters. The van der Waals surface area contributed by atoms with E-state index in [1.165, 1.54) is 18.1 Å². The van der Waals surface area contributed by atoms with Crippen LogP contribution in [0.1, 0.15) is 5.56 Å². The second kappa shape index (κ2) is 5.85. The summed E-state index contributed by atoms with van der Waals surface area (Å²) in [5.74, 6) is 1.02. The molecule has 0 aliphatic carbocycles. The lowest BCUT2D eigenvalue weighted by atomic mass is 10.2. The van der Waals surface area contributed by atoms with Crippen LogP contribution in [0.3, 0.4) is 0 Å². The maximum absolute atomic E-state index is 6.22. The van der Waals surface area contributed by atoms with Crippen molar-refractivity contribution in [2.45, 2.75) is 0 Å². The van der Waals surface area contributed by atoms with Crippen molar-refractivity contribution in [3.8, 4) is 11.5 Å². The Morgan fingerprint density at radius 3 is 2.79 bits per heavy atom. The lowest BCUT2D eigenvalue weighted by molar-refractivity contribution is 0.355. The van der Waals surface area contributed by atoms with E-state index in [1.807, 2.05) is 0 Å². The minimum Gasteiger partial charge on any atom is -0.493 e. The minimum atomic E-state index is 0.396. The van der Waals surface area contributed by atoms with Gasteiger partial charge in [0.25, 0.3) is 0 Å². The fraction of sp³-hybridized carbons (Fsp3) is 0.182. The standard InChI is InChI=1S/C11H11ClN4O2S/c1-17-8-4-3-7(9(12)10(8)18-2)5-14-16-6-13-15-11(16)19/h3-6H,1-2H3,(H,15,19)/b14-5-. The highest BCUT2D eigenvalue weighted by Crippen LogP contribution is 2.36. The van der Waals surface area contributed by atoms with Gasteiger partial charge in [-0.15, -0.1) is 0 Å². The van der Waals surface area contributed by atoms with Crippen LogP contribution in [0.15, 0.2) is 23.6 Å². The molecule has 2 rings (SSSR count). The van der Waals surface area contributed by atoms with Gasteiger partial charge in [0.1, 0.15) is 6.33 Å². The molecule has 0 saturated heterocycles. The first-order valence-electron chi connectivity index (χ1n) is 5.24. The average molecular weight is 299 g/mol. The van der Waals surface area contributed by atoms with E-state index >= 15 is 0 Å². The number of nitrogens with zero attached hydrogens (tertiary/aromatic N) is 3. The molecule has 0 spiro atoms. The molecule has 0 amide bonds. The Bertz CT molecular complexity index is 665. The summed E-state index contributed by atoms with van der Waals surface area (Å²) in [5.41, 5.74) is 0.683. The number of rotatable bonds is 4. The highest BCUT2D eigenvalue weighted by Gasteiger charge is 2.11. The van der Waals surface area contributed by atoms with Crippen LogP contribution in [-0.2, 0) is 0 Å². The number of hydrogen-bond acceptors (Lipinski definition) is 5. The van der Waals surface area contributed by atoms with Crippen LogP contribution < -0.4 is 9.47 Å². The molecule has 2 aromatic rings. The highest BCUT2D eigenvalue weighted by atomic mass is 35.5. The molecule has 19 heavy (non-hydrogen) atoms. The van der Waals surface area contributed by atoms with Gasteiger partial charge in [0.2, 0.25) is 4.77 Å². The second-order valence-corrected chi connectivity index (χ2v) is 4.22. The van der Waals surface area contributed by atoms with Crippen molar-refractivity contribution in [2.75, 3.05) is 14.2 Å². The third-order valence-electron chi connectivity index (χ3n) is 2.37. The molecule has 6 nitrogen and oxygen atoms in total. The van der Waals surface area contributed by atoms with Gasteiger partial charge >= 0.3 is 0 Å². The van der Waals surface area contributed by atoms with Gasteiger partial charge in [0.15, 0.2) is 11.5 Å². The average Bonchev–Trinajstić information content (AvgIpc) is 2.82. The molecule has 1 N–H and O–H groups in total. The first-order chi connectivity index (χ1) is 9.17. The van der Waals surface area contributed by atoms with Crippen LogP contribution >= 0.6 is 23.8 Å². The molecule has 0 bridgehead atoms. The lowest BCUT2D eigenvalue weighted by Crippen LogP contribution is -1.95. The SMILES string of the molecule is COc1ccc(/C=N\n2cn[nH]c2=S)c(Cl)c1OC. The van der Waals surface area contributed by atoms with E-state index in [4.69, 9.17) is 33.3 Å². The number of hydrogen-bond donors (Lipinski definition) is 1. The Labute approximate surface area is 119 Å². The van der Waals surface area contributed by atoms with E-state index in [1.54, 1.807) is 25.5 Å².